The van der Waals surface area contributed by atoms with Crippen LogP contribution in [0.5, 0.6) is 0 Å². The monoisotopic (exact) mass is 318 g/mol. The minimum absolute atomic E-state index is 0.0247. The molecule has 2 aromatic rings. The van der Waals surface area contributed by atoms with Crippen LogP contribution < -0.4 is 4.90 Å². The van der Waals surface area contributed by atoms with E-state index in [1.165, 1.54) is 5.69 Å². The van der Waals surface area contributed by atoms with Crippen molar-refractivity contribution in [3.8, 4) is 0 Å². The fourth-order valence-corrected chi connectivity index (χ4v) is 3.09. The van der Waals surface area contributed by atoms with Crippen molar-refractivity contribution in [2.45, 2.75) is 6.92 Å². The van der Waals surface area contributed by atoms with E-state index >= 15 is 0 Å². The van der Waals surface area contributed by atoms with Crippen molar-refractivity contribution in [1.29, 1.82) is 0 Å². The number of piperazine rings is 1. The third kappa shape index (κ3) is 2.68. The van der Waals surface area contributed by atoms with E-state index in [0.717, 1.165) is 13.1 Å². The normalized spacial score (nSPS) is 15.2. The highest BCUT2D eigenvalue weighted by Crippen LogP contribution is 2.22. The van der Waals surface area contributed by atoms with Crippen molar-refractivity contribution in [1.82, 2.24) is 14.7 Å². The van der Waals surface area contributed by atoms with Gasteiger partial charge in [0.2, 0.25) is 0 Å². The van der Waals surface area contributed by atoms with E-state index in [1.807, 2.05) is 30.0 Å². The molecule has 1 amide bonds. The van der Waals surface area contributed by atoms with Crippen LogP contribution in [0, 0.1) is 6.92 Å². The van der Waals surface area contributed by atoms with Crippen molar-refractivity contribution in [3.63, 3.8) is 0 Å². The molecule has 0 atom stereocenters. The number of aryl methyl sites for hydroxylation is 2. The largest absolute Gasteiger partial charge is 0.368 e. The molecule has 6 heteroatoms. The standard InChI is InChI=1S/C16H19ClN4O/c1-12-14(15(17)19(2)18-12)16(22)21-10-8-20(9-11-21)13-6-4-3-5-7-13/h3-7H,8-11H2,1-2H3. The quantitative estimate of drug-likeness (QED) is 0.853. The van der Waals surface area contributed by atoms with Gasteiger partial charge in [0.05, 0.1) is 11.3 Å². The number of hydrogen-bond acceptors (Lipinski definition) is 3. The molecule has 0 spiro atoms. The highest BCUT2D eigenvalue weighted by molar-refractivity contribution is 6.33. The molecule has 1 fully saturated rings. The van der Waals surface area contributed by atoms with Crippen molar-refractivity contribution in [2.24, 2.45) is 7.05 Å². The van der Waals surface area contributed by atoms with Gasteiger partial charge in [-0.25, -0.2) is 0 Å². The SMILES string of the molecule is Cc1nn(C)c(Cl)c1C(=O)N1CCN(c2ccccc2)CC1. The highest BCUT2D eigenvalue weighted by Gasteiger charge is 2.27. The van der Waals surface area contributed by atoms with Crippen LogP contribution in [0.4, 0.5) is 5.69 Å². The summed E-state index contributed by atoms with van der Waals surface area (Å²) in [5, 5.41) is 4.63. The van der Waals surface area contributed by atoms with Gasteiger partial charge >= 0.3 is 0 Å². The summed E-state index contributed by atoms with van der Waals surface area (Å²) in [6, 6.07) is 10.3. The molecule has 1 aliphatic rings. The number of aromatic nitrogens is 2. The Labute approximate surface area is 135 Å². The van der Waals surface area contributed by atoms with E-state index < -0.39 is 0 Å². The summed E-state index contributed by atoms with van der Waals surface area (Å²) in [5.41, 5.74) is 2.41. The van der Waals surface area contributed by atoms with Gasteiger partial charge in [0.25, 0.3) is 5.91 Å². The van der Waals surface area contributed by atoms with Crippen LogP contribution in [-0.2, 0) is 7.05 Å². The van der Waals surface area contributed by atoms with Crippen LogP contribution in [-0.4, -0.2) is 46.8 Å². The molecule has 2 heterocycles. The molecule has 22 heavy (non-hydrogen) atoms. The Bertz CT molecular complexity index is 675. The summed E-state index contributed by atoms with van der Waals surface area (Å²) in [7, 11) is 1.75. The van der Waals surface area contributed by atoms with Gasteiger partial charge in [-0.3, -0.25) is 9.48 Å². The Morgan fingerprint density at radius 2 is 1.77 bits per heavy atom. The van der Waals surface area contributed by atoms with Crippen molar-refractivity contribution in [2.75, 3.05) is 31.1 Å². The molecular weight excluding hydrogens is 300 g/mol. The first kappa shape index (κ1) is 14.9. The minimum Gasteiger partial charge on any atom is -0.368 e. The van der Waals surface area contributed by atoms with Gasteiger partial charge in [0, 0.05) is 38.9 Å². The first-order valence-corrected chi connectivity index (χ1v) is 7.74. The summed E-state index contributed by atoms with van der Waals surface area (Å²) in [4.78, 5) is 16.8. The molecule has 116 valence electrons. The van der Waals surface area contributed by atoms with E-state index in [9.17, 15) is 4.79 Å². The molecule has 1 aromatic carbocycles. The third-order valence-corrected chi connectivity index (χ3v) is 4.49. The number of halogens is 1. The van der Waals surface area contributed by atoms with Gasteiger partial charge in [0.15, 0.2) is 0 Å². The number of carbonyl (C=O) groups excluding carboxylic acids is 1. The zero-order chi connectivity index (χ0) is 15.7. The molecule has 0 N–H and O–H groups in total. The zero-order valence-corrected chi connectivity index (χ0v) is 13.5. The van der Waals surface area contributed by atoms with Crippen LogP contribution in [0.15, 0.2) is 30.3 Å². The van der Waals surface area contributed by atoms with Gasteiger partial charge in [-0.1, -0.05) is 29.8 Å². The number of nitrogens with zero attached hydrogens (tertiary/aromatic N) is 4. The Kier molecular flexibility index (Phi) is 4.07. The maximum atomic E-state index is 12.7. The zero-order valence-electron chi connectivity index (χ0n) is 12.8. The van der Waals surface area contributed by atoms with E-state index in [0.29, 0.717) is 29.5 Å². The average Bonchev–Trinajstić information content (AvgIpc) is 2.80. The maximum absolute atomic E-state index is 12.7. The van der Waals surface area contributed by atoms with Crippen molar-refractivity contribution >= 4 is 23.2 Å². The summed E-state index contributed by atoms with van der Waals surface area (Å²) in [6.45, 7) is 4.86. The average molecular weight is 319 g/mol. The fourth-order valence-electron chi connectivity index (χ4n) is 2.84. The van der Waals surface area contributed by atoms with Crippen LogP contribution in [0.1, 0.15) is 16.1 Å². The molecule has 1 saturated heterocycles. The molecule has 0 saturated carbocycles. The molecule has 0 bridgehead atoms. The fraction of sp³-hybridized carbons (Fsp3) is 0.375. The lowest BCUT2D eigenvalue weighted by atomic mass is 10.2. The summed E-state index contributed by atoms with van der Waals surface area (Å²) >= 11 is 6.20. The number of para-hydroxylation sites is 1. The number of hydrogen-bond donors (Lipinski definition) is 0. The second-order valence-electron chi connectivity index (χ2n) is 5.49. The predicted octanol–water partition coefficient (Wildman–Crippen LogP) is 2.34. The Morgan fingerprint density at radius 3 is 2.32 bits per heavy atom. The number of amides is 1. The first-order chi connectivity index (χ1) is 10.6. The lowest BCUT2D eigenvalue weighted by molar-refractivity contribution is 0.0746. The first-order valence-electron chi connectivity index (χ1n) is 7.36. The molecule has 1 aliphatic heterocycles. The van der Waals surface area contributed by atoms with Crippen LogP contribution in [0.3, 0.4) is 0 Å². The van der Waals surface area contributed by atoms with Crippen molar-refractivity contribution in [3.05, 3.63) is 46.7 Å². The minimum atomic E-state index is -0.0247. The number of rotatable bonds is 2. The second kappa shape index (κ2) is 6.01. The van der Waals surface area contributed by atoms with E-state index in [1.54, 1.807) is 11.7 Å². The second-order valence-corrected chi connectivity index (χ2v) is 5.85. The molecule has 1 aromatic heterocycles. The van der Waals surface area contributed by atoms with Gasteiger partial charge in [0.1, 0.15) is 5.15 Å². The summed E-state index contributed by atoms with van der Waals surface area (Å²) in [5.74, 6) is -0.0247. The van der Waals surface area contributed by atoms with E-state index in [4.69, 9.17) is 11.6 Å². The van der Waals surface area contributed by atoms with E-state index in [2.05, 4.69) is 22.1 Å². The summed E-state index contributed by atoms with van der Waals surface area (Å²) < 4.78 is 1.55. The highest BCUT2D eigenvalue weighted by atomic mass is 35.5. The summed E-state index contributed by atoms with van der Waals surface area (Å²) in [6.07, 6.45) is 0. The molecule has 0 radical (unpaired) electrons. The topological polar surface area (TPSA) is 41.4 Å². The smallest absolute Gasteiger partial charge is 0.259 e. The van der Waals surface area contributed by atoms with Gasteiger partial charge < -0.3 is 9.80 Å². The number of anilines is 1. The van der Waals surface area contributed by atoms with Gasteiger partial charge in [-0.05, 0) is 19.1 Å². The predicted molar refractivity (Wildman–Crippen MR) is 87.5 cm³/mol. The van der Waals surface area contributed by atoms with Crippen LogP contribution in [0.25, 0.3) is 0 Å². The lowest BCUT2D eigenvalue weighted by Crippen LogP contribution is -2.48. The Morgan fingerprint density at radius 1 is 1.14 bits per heavy atom. The van der Waals surface area contributed by atoms with Gasteiger partial charge in [-0.15, -0.1) is 0 Å². The molecule has 3 rings (SSSR count). The molecule has 5 nitrogen and oxygen atoms in total. The Balaban J connectivity index is 1.70. The molecular formula is C16H19ClN4O. The molecule has 0 unspecified atom stereocenters. The number of carbonyl (C=O) groups is 1. The maximum Gasteiger partial charge on any atom is 0.259 e. The molecule has 0 aliphatic carbocycles. The van der Waals surface area contributed by atoms with E-state index in [-0.39, 0.29) is 5.91 Å². The van der Waals surface area contributed by atoms with Crippen molar-refractivity contribution < 1.29 is 4.79 Å². The van der Waals surface area contributed by atoms with Crippen LogP contribution >= 0.6 is 11.6 Å². The Hall–Kier alpha value is -2.01. The lowest BCUT2D eigenvalue weighted by Gasteiger charge is -2.36. The van der Waals surface area contributed by atoms with Crippen LogP contribution in [0.2, 0.25) is 5.15 Å². The third-order valence-electron chi connectivity index (χ3n) is 4.05. The van der Waals surface area contributed by atoms with Gasteiger partial charge in [-0.2, -0.15) is 5.10 Å². The number of benzene rings is 1.